The van der Waals surface area contributed by atoms with Crippen LogP contribution >= 0.6 is 0 Å². The van der Waals surface area contributed by atoms with Gasteiger partial charge in [-0.05, 0) is 117 Å². The molecule has 1 N–H and O–H groups in total. The van der Waals surface area contributed by atoms with E-state index < -0.39 is 5.60 Å². The van der Waals surface area contributed by atoms with Crippen LogP contribution in [0.2, 0.25) is 0 Å². The fourth-order valence-corrected chi connectivity index (χ4v) is 9.09. The van der Waals surface area contributed by atoms with E-state index in [1.807, 2.05) is 6.92 Å². The van der Waals surface area contributed by atoms with Gasteiger partial charge in [0.25, 0.3) is 0 Å². The Morgan fingerprint density at radius 3 is 2.48 bits per heavy atom. The summed E-state index contributed by atoms with van der Waals surface area (Å²) in [6, 6.07) is 0. The van der Waals surface area contributed by atoms with Gasteiger partial charge in [-0.15, -0.1) is 10.2 Å². The standard InChI is InChI=1S/C25H42N4O2/c1-17-26-28-29(27-17)14-10-19-6-8-21-22-7-5-18-15-25(30,16-31-4)11-9-20(18)24(22,3)13-12-23(19,21)2/h18-22,30H,5-16H2,1-4H3/t18-,19+,20-,21-,22-,23+,24+,25+/m0/s1. The van der Waals surface area contributed by atoms with E-state index >= 15 is 0 Å². The lowest BCUT2D eigenvalue weighted by atomic mass is 9.43. The highest BCUT2D eigenvalue weighted by Gasteiger charge is 2.61. The second kappa shape index (κ2) is 7.79. The molecule has 31 heavy (non-hydrogen) atoms. The number of methoxy groups -OCH3 is 1. The van der Waals surface area contributed by atoms with Crippen LogP contribution in [0.5, 0.6) is 0 Å². The highest BCUT2D eigenvalue weighted by molar-refractivity contribution is 5.11. The molecule has 6 nitrogen and oxygen atoms in total. The third kappa shape index (κ3) is 3.56. The van der Waals surface area contributed by atoms with E-state index in [-0.39, 0.29) is 0 Å². The van der Waals surface area contributed by atoms with E-state index in [4.69, 9.17) is 4.74 Å². The quantitative estimate of drug-likeness (QED) is 0.749. The molecule has 0 amide bonds. The monoisotopic (exact) mass is 430 g/mol. The Balaban J connectivity index is 1.29. The number of hydrogen-bond donors (Lipinski definition) is 1. The molecule has 1 aromatic rings. The van der Waals surface area contributed by atoms with Crippen LogP contribution in [0.4, 0.5) is 0 Å². The summed E-state index contributed by atoms with van der Waals surface area (Å²) in [4.78, 5) is 1.80. The van der Waals surface area contributed by atoms with Gasteiger partial charge in [0.15, 0.2) is 5.82 Å². The second-order valence-electron chi connectivity index (χ2n) is 12.1. The summed E-state index contributed by atoms with van der Waals surface area (Å²) in [6.07, 6.45) is 12.4. The maximum Gasteiger partial charge on any atom is 0.171 e. The molecule has 0 bridgehead atoms. The van der Waals surface area contributed by atoms with Gasteiger partial charge < -0.3 is 9.84 Å². The topological polar surface area (TPSA) is 73.1 Å². The molecule has 0 aromatic carbocycles. The lowest BCUT2D eigenvalue weighted by molar-refractivity contribution is -0.160. The van der Waals surface area contributed by atoms with Gasteiger partial charge in [-0.3, -0.25) is 0 Å². The van der Waals surface area contributed by atoms with E-state index in [1.165, 1.54) is 51.4 Å². The Morgan fingerprint density at radius 2 is 1.74 bits per heavy atom. The molecule has 4 aliphatic rings. The van der Waals surface area contributed by atoms with E-state index in [9.17, 15) is 5.11 Å². The van der Waals surface area contributed by atoms with Crippen LogP contribution < -0.4 is 0 Å². The normalized spacial score (nSPS) is 46.9. The van der Waals surface area contributed by atoms with E-state index in [2.05, 4.69) is 29.3 Å². The van der Waals surface area contributed by atoms with Crippen molar-refractivity contribution in [3.8, 4) is 0 Å². The summed E-state index contributed by atoms with van der Waals surface area (Å²) in [5.41, 5.74) is 0.341. The maximum absolute atomic E-state index is 11.0. The first-order valence-electron chi connectivity index (χ1n) is 12.7. The Hall–Kier alpha value is -1.01. The molecule has 0 radical (unpaired) electrons. The van der Waals surface area contributed by atoms with Crippen molar-refractivity contribution in [1.29, 1.82) is 0 Å². The molecule has 4 aliphatic carbocycles. The number of tetrazole rings is 1. The number of rotatable bonds is 5. The summed E-state index contributed by atoms with van der Waals surface area (Å²) in [7, 11) is 1.72. The minimum absolute atomic E-state index is 0.459. The molecule has 0 saturated heterocycles. The lowest BCUT2D eigenvalue weighted by Gasteiger charge is -2.62. The summed E-state index contributed by atoms with van der Waals surface area (Å²) in [5.74, 6) is 4.74. The van der Waals surface area contributed by atoms with Crippen molar-refractivity contribution in [3.05, 3.63) is 5.82 Å². The fourth-order valence-electron chi connectivity index (χ4n) is 9.09. The molecule has 1 aromatic heterocycles. The van der Waals surface area contributed by atoms with Gasteiger partial charge >= 0.3 is 0 Å². The summed E-state index contributed by atoms with van der Waals surface area (Å²) in [6.45, 7) is 8.55. The number of aryl methyl sites for hydroxylation is 2. The summed E-state index contributed by atoms with van der Waals surface area (Å²) >= 11 is 0. The van der Waals surface area contributed by atoms with E-state index in [0.29, 0.717) is 23.4 Å². The predicted octanol–water partition coefficient (Wildman–Crippen LogP) is 4.41. The fraction of sp³-hybridized carbons (Fsp3) is 0.960. The molecule has 6 heteroatoms. The third-order valence-electron chi connectivity index (χ3n) is 10.6. The zero-order chi connectivity index (χ0) is 21.9. The summed E-state index contributed by atoms with van der Waals surface area (Å²) < 4.78 is 5.37. The van der Waals surface area contributed by atoms with Crippen molar-refractivity contribution in [2.75, 3.05) is 13.7 Å². The van der Waals surface area contributed by atoms with Crippen molar-refractivity contribution >= 4 is 0 Å². The number of nitrogens with zero attached hydrogens (tertiary/aromatic N) is 4. The van der Waals surface area contributed by atoms with Crippen LogP contribution in [-0.2, 0) is 11.3 Å². The number of aliphatic hydroxyl groups is 1. The van der Waals surface area contributed by atoms with Gasteiger partial charge in [0, 0.05) is 7.11 Å². The van der Waals surface area contributed by atoms with Crippen LogP contribution in [0.25, 0.3) is 0 Å². The molecule has 1 heterocycles. The molecule has 4 saturated carbocycles. The van der Waals surface area contributed by atoms with Crippen LogP contribution in [-0.4, -0.2) is 44.6 Å². The molecule has 0 spiro atoms. The zero-order valence-corrected chi connectivity index (χ0v) is 20.0. The van der Waals surface area contributed by atoms with Crippen LogP contribution in [0, 0.1) is 47.3 Å². The Kier molecular flexibility index (Phi) is 5.48. The number of hydrogen-bond acceptors (Lipinski definition) is 5. The lowest BCUT2D eigenvalue weighted by Crippen LogP contribution is -2.56. The van der Waals surface area contributed by atoms with Crippen molar-refractivity contribution in [1.82, 2.24) is 20.2 Å². The minimum atomic E-state index is -0.589. The van der Waals surface area contributed by atoms with Crippen LogP contribution in [0.3, 0.4) is 0 Å². The molecule has 4 fully saturated rings. The van der Waals surface area contributed by atoms with E-state index in [1.54, 1.807) is 11.9 Å². The average Bonchev–Trinajstić information content (AvgIpc) is 3.29. The van der Waals surface area contributed by atoms with Gasteiger partial charge in [0.2, 0.25) is 0 Å². The first-order valence-corrected chi connectivity index (χ1v) is 12.7. The van der Waals surface area contributed by atoms with E-state index in [0.717, 1.165) is 48.9 Å². The van der Waals surface area contributed by atoms with Gasteiger partial charge in [-0.25, -0.2) is 0 Å². The largest absolute Gasteiger partial charge is 0.387 e. The molecular formula is C25H42N4O2. The average molecular weight is 431 g/mol. The SMILES string of the molecule is COC[C@@]1(O)CC[C@H]2[C@@H](CC[C@H]3[C@@H]4CC[C@H](CCn5nnc(C)n5)[C@@]4(C)CC[C@]23C)C1. The number of fused-ring (bicyclic) bond motifs is 5. The summed E-state index contributed by atoms with van der Waals surface area (Å²) in [5, 5.41) is 23.7. The van der Waals surface area contributed by atoms with Crippen molar-refractivity contribution in [2.24, 2.45) is 40.4 Å². The molecular weight excluding hydrogens is 388 g/mol. The highest BCUT2D eigenvalue weighted by Crippen LogP contribution is 2.69. The molecule has 5 rings (SSSR count). The molecule has 0 unspecified atom stereocenters. The molecule has 0 aliphatic heterocycles. The highest BCUT2D eigenvalue weighted by atomic mass is 16.5. The number of aromatic nitrogens is 4. The number of ether oxygens (including phenoxy) is 1. The van der Waals surface area contributed by atoms with Crippen LogP contribution in [0.1, 0.15) is 83.9 Å². The molecule has 8 atom stereocenters. The Bertz CT molecular complexity index is 798. The minimum Gasteiger partial charge on any atom is -0.387 e. The zero-order valence-electron chi connectivity index (χ0n) is 20.0. The Labute approximate surface area is 187 Å². The predicted molar refractivity (Wildman–Crippen MR) is 119 cm³/mol. The van der Waals surface area contributed by atoms with Crippen molar-refractivity contribution < 1.29 is 9.84 Å². The Morgan fingerprint density at radius 1 is 1.00 bits per heavy atom. The van der Waals surface area contributed by atoms with Crippen molar-refractivity contribution in [3.63, 3.8) is 0 Å². The van der Waals surface area contributed by atoms with Gasteiger partial charge in [0.1, 0.15) is 0 Å². The van der Waals surface area contributed by atoms with Crippen molar-refractivity contribution in [2.45, 2.75) is 97.1 Å². The van der Waals surface area contributed by atoms with Gasteiger partial charge in [-0.1, -0.05) is 13.8 Å². The van der Waals surface area contributed by atoms with Gasteiger partial charge in [-0.2, -0.15) is 4.80 Å². The smallest absolute Gasteiger partial charge is 0.171 e. The third-order valence-corrected chi connectivity index (χ3v) is 10.6. The maximum atomic E-state index is 11.0. The first kappa shape index (κ1) is 21.8. The first-order chi connectivity index (χ1) is 14.8. The van der Waals surface area contributed by atoms with Gasteiger partial charge in [0.05, 0.1) is 18.8 Å². The molecule has 174 valence electrons. The van der Waals surface area contributed by atoms with Crippen LogP contribution in [0.15, 0.2) is 0 Å². The second-order valence-corrected chi connectivity index (χ2v) is 12.1.